The van der Waals surface area contributed by atoms with Crippen molar-refractivity contribution in [2.75, 3.05) is 6.54 Å². The van der Waals surface area contributed by atoms with Gasteiger partial charge in [0.1, 0.15) is 12.3 Å². The Morgan fingerprint density at radius 2 is 1.61 bits per heavy atom. The van der Waals surface area contributed by atoms with Gasteiger partial charge in [-0.1, -0.05) is 54.6 Å². The van der Waals surface area contributed by atoms with Gasteiger partial charge in [-0.15, -0.1) is 0 Å². The number of hydrogen-bond donors (Lipinski definition) is 3. The van der Waals surface area contributed by atoms with E-state index in [0.29, 0.717) is 24.9 Å². The molecule has 0 unspecified atom stereocenters. The summed E-state index contributed by atoms with van der Waals surface area (Å²) < 4.78 is 0. The van der Waals surface area contributed by atoms with Crippen molar-refractivity contribution in [3.63, 3.8) is 0 Å². The molecule has 2 aromatic carbocycles. The van der Waals surface area contributed by atoms with Gasteiger partial charge < -0.3 is 16.6 Å². The third-order valence-corrected chi connectivity index (χ3v) is 3.19. The second kappa shape index (κ2) is 10.3. The maximum Gasteiger partial charge on any atom is 0.320 e. The normalized spacial score (nSPS) is 11.0. The highest BCUT2D eigenvalue weighted by atomic mass is 16.4. The Kier molecular flexibility index (Phi) is 8.28. The molecule has 0 heterocycles. The van der Waals surface area contributed by atoms with Gasteiger partial charge in [-0.3, -0.25) is 9.59 Å². The van der Waals surface area contributed by atoms with Gasteiger partial charge in [0.15, 0.2) is 0 Å². The van der Waals surface area contributed by atoms with E-state index >= 15 is 0 Å². The number of nitrogens with two attached hydrogens (primary N) is 2. The predicted octanol–water partition coefficient (Wildman–Crippen LogP) is 2.30. The van der Waals surface area contributed by atoms with Crippen LogP contribution in [0.1, 0.15) is 23.2 Å². The molecular weight excluding hydrogens is 292 g/mol. The van der Waals surface area contributed by atoms with Gasteiger partial charge >= 0.3 is 5.97 Å². The molecule has 5 N–H and O–H groups in total. The molecule has 0 saturated heterocycles. The zero-order valence-electron chi connectivity index (χ0n) is 12.9. The average molecular weight is 314 g/mol. The SMILES string of the molecule is NCCC[C@H](N)C(=O)O.O=Cc1ccc(-c2ccccc2)cc1. The topological polar surface area (TPSA) is 106 Å². The number of carboxylic acid groups (broad SMARTS) is 1. The first-order valence-corrected chi connectivity index (χ1v) is 7.37. The molecule has 0 amide bonds. The first-order valence-electron chi connectivity index (χ1n) is 7.37. The summed E-state index contributed by atoms with van der Waals surface area (Å²) >= 11 is 0. The molecule has 0 aliphatic rings. The van der Waals surface area contributed by atoms with Crippen molar-refractivity contribution in [1.29, 1.82) is 0 Å². The van der Waals surface area contributed by atoms with Crippen molar-refractivity contribution in [3.8, 4) is 11.1 Å². The van der Waals surface area contributed by atoms with Gasteiger partial charge in [0, 0.05) is 5.56 Å². The van der Waals surface area contributed by atoms with Crippen LogP contribution in [0.5, 0.6) is 0 Å². The van der Waals surface area contributed by atoms with Gasteiger partial charge in [-0.2, -0.15) is 0 Å². The highest BCUT2D eigenvalue weighted by molar-refractivity contribution is 5.76. The molecule has 23 heavy (non-hydrogen) atoms. The van der Waals surface area contributed by atoms with Crippen LogP contribution in [0.4, 0.5) is 0 Å². The van der Waals surface area contributed by atoms with Crippen molar-refractivity contribution >= 4 is 12.3 Å². The van der Waals surface area contributed by atoms with Crippen molar-refractivity contribution < 1.29 is 14.7 Å². The molecule has 5 nitrogen and oxygen atoms in total. The number of rotatable bonds is 6. The molecule has 0 saturated carbocycles. The van der Waals surface area contributed by atoms with E-state index in [1.54, 1.807) is 0 Å². The standard InChI is InChI=1S/C13H10O.C5H12N2O2/c14-10-11-6-8-13(9-7-11)12-4-2-1-3-5-12;6-3-1-2-4(7)5(8)9/h1-10H;4H,1-3,6-7H2,(H,8,9)/t;4-/m.0/s1. The monoisotopic (exact) mass is 314 g/mol. The Hall–Kier alpha value is -2.50. The summed E-state index contributed by atoms with van der Waals surface area (Å²) in [5.41, 5.74) is 13.3. The van der Waals surface area contributed by atoms with Gasteiger partial charge in [0.2, 0.25) is 0 Å². The van der Waals surface area contributed by atoms with Gasteiger partial charge in [0.25, 0.3) is 0 Å². The number of carbonyl (C=O) groups is 2. The Bertz CT molecular complexity index is 597. The summed E-state index contributed by atoms with van der Waals surface area (Å²) in [5, 5.41) is 8.24. The summed E-state index contributed by atoms with van der Waals surface area (Å²) in [5.74, 6) is -0.955. The van der Waals surface area contributed by atoms with E-state index in [1.165, 1.54) is 5.56 Å². The zero-order valence-corrected chi connectivity index (χ0v) is 12.9. The lowest BCUT2D eigenvalue weighted by atomic mass is 10.0. The summed E-state index contributed by atoms with van der Waals surface area (Å²) in [6.45, 7) is 0.501. The van der Waals surface area contributed by atoms with E-state index in [-0.39, 0.29) is 0 Å². The van der Waals surface area contributed by atoms with Crippen LogP contribution in [-0.2, 0) is 4.79 Å². The van der Waals surface area contributed by atoms with Crippen LogP contribution in [0.2, 0.25) is 0 Å². The molecule has 0 bridgehead atoms. The van der Waals surface area contributed by atoms with E-state index < -0.39 is 12.0 Å². The van der Waals surface area contributed by atoms with Gasteiger partial charge in [-0.05, 0) is 30.5 Å². The number of aldehydes is 1. The molecule has 122 valence electrons. The van der Waals surface area contributed by atoms with E-state index in [0.717, 1.165) is 11.8 Å². The lowest BCUT2D eigenvalue weighted by Crippen LogP contribution is -2.30. The molecule has 0 fully saturated rings. The van der Waals surface area contributed by atoms with Crippen LogP contribution < -0.4 is 11.5 Å². The molecule has 1 atom stereocenters. The maximum absolute atomic E-state index is 10.5. The van der Waals surface area contributed by atoms with Crippen LogP contribution in [0.3, 0.4) is 0 Å². The van der Waals surface area contributed by atoms with E-state index in [4.69, 9.17) is 16.6 Å². The molecule has 5 heteroatoms. The van der Waals surface area contributed by atoms with Crippen LogP contribution >= 0.6 is 0 Å². The number of carbonyl (C=O) groups excluding carboxylic acids is 1. The zero-order chi connectivity index (χ0) is 17.1. The van der Waals surface area contributed by atoms with Crippen molar-refractivity contribution in [1.82, 2.24) is 0 Å². The van der Waals surface area contributed by atoms with Crippen molar-refractivity contribution in [3.05, 3.63) is 60.2 Å². The van der Waals surface area contributed by atoms with Crippen LogP contribution in [0.25, 0.3) is 11.1 Å². The third kappa shape index (κ3) is 6.86. The lowest BCUT2D eigenvalue weighted by molar-refractivity contribution is -0.138. The van der Waals surface area contributed by atoms with Crippen molar-refractivity contribution in [2.45, 2.75) is 18.9 Å². The summed E-state index contributed by atoms with van der Waals surface area (Å²) in [6, 6.07) is 16.9. The first kappa shape index (κ1) is 18.5. The van der Waals surface area contributed by atoms with Crippen LogP contribution in [0, 0.1) is 0 Å². The van der Waals surface area contributed by atoms with Crippen LogP contribution in [-0.4, -0.2) is 29.9 Å². The summed E-state index contributed by atoms with van der Waals surface area (Å²) in [7, 11) is 0. The fourth-order valence-electron chi connectivity index (χ4n) is 1.85. The minimum absolute atomic E-state index is 0.464. The largest absolute Gasteiger partial charge is 0.480 e. The van der Waals surface area contributed by atoms with Gasteiger partial charge in [0.05, 0.1) is 0 Å². The third-order valence-electron chi connectivity index (χ3n) is 3.19. The van der Waals surface area contributed by atoms with E-state index in [9.17, 15) is 9.59 Å². The first-order chi connectivity index (χ1) is 11.1. The number of aliphatic carboxylic acids is 1. The van der Waals surface area contributed by atoms with Gasteiger partial charge in [-0.25, -0.2) is 0 Å². The average Bonchev–Trinajstić information content (AvgIpc) is 2.61. The lowest BCUT2D eigenvalue weighted by Gasteiger charge is -2.02. The highest BCUT2D eigenvalue weighted by Gasteiger charge is 2.08. The number of benzene rings is 2. The molecule has 2 rings (SSSR count). The predicted molar refractivity (Wildman–Crippen MR) is 91.2 cm³/mol. The maximum atomic E-state index is 10.5. The number of carboxylic acids is 1. The summed E-state index contributed by atoms with van der Waals surface area (Å²) in [6.07, 6.45) is 1.99. The molecule has 2 aromatic rings. The van der Waals surface area contributed by atoms with E-state index in [1.807, 2.05) is 42.5 Å². The number of hydrogen-bond acceptors (Lipinski definition) is 4. The minimum Gasteiger partial charge on any atom is -0.480 e. The highest BCUT2D eigenvalue weighted by Crippen LogP contribution is 2.18. The minimum atomic E-state index is -0.955. The summed E-state index contributed by atoms with van der Waals surface area (Å²) in [4.78, 5) is 20.5. The molecule has 0 aromatic heterocycles. The van der Waals surface area contributed by atoms with Crippen molar-refractivity contribution in [2.24, 2.45) is 11.5 Å². The quantitative estimate of drug-likeness (QED) is 0.709. The fraction of sp³-hybridized carbons (Fsp3) is 0.222. The van der Waals surface area contributed by atoms with Crippen LogP contribution in [0.15, 0.2) is 54.6 Å². The second-order valence-electron chi connectivity index (χ2n) is 4.98. The Morgan fingerprint density at radius 3 is 2.09 bits per heavy atom. The smallest absolute Gasteiger partial charge is 0.320 e. The second-order valence-corrected chi connectivity index (χ2v) is 4.98. The molecule has 0 radical (unpaired) electrons. The Balaban J connectivity index is 0.000000257. The fourth-order valence-corrected chi connectivity index (χ4v) is 1.85. The Morgan fingerprint density at radius 1 is 1.04 bits per heavy atom. The molecule has 0 aliphatic carbocycles. The molecular formula is C18H22N2O3. The Labute approximate surface area is 135 Å². The van der Waals surface area contributed by atoms with E-state index in [2.05, 4.69) is 12.1 Å². The molecule has 0 spiro atoms. The molecule has 0 aliphatic heterocycles.